The van der Waals surface area contributed by atoms with E-state index < -0.39 is 0 Å². The Morgan fingerprint density at radius 3 is 1.94 bits per heavy atom. The molecule has 0 unspecified atom stereocenters. The van der Waals surface area contributed by atoms with Gasteiger partial charge in [0.1, 0.15) is 0 Å². The Bertz CT molecular complexity index is 422. The van der Waals surface area contributed by atoms with E-state index in [9.17, 15) is 0 Å². The lowest BCUT2D eigenvalue weighted by Crippen LogP contribution is -2.27. The number of hydrogen-bond acceptors (Lipinski definition) is 1. The molecule has 1 heteroatoms. The van der Waals surface area contributed by atoms with Crippen LogP contribution in [0.5, 0.6) is 0 Å². The van der Waals surface area contributed by atoms with Gasteiger partial charge >= 0.3 is 0 Å². The molecule has 1 atom stereocenters. The number of nitrogens with one attached hydrogen (secondary N) is 1. The fourth-order valence-corrected chi connectivity index (χ4v) is 1.93. The number of benzene rings is 2. The summed E-state index contributed by atoms with van der Waals surface area (Å²) in [6, 6.07) is 21.6. The number of rotatable bonds is 5. The standard InChI is InChI=1S/C16H19N/c1-14(12-15-8-4-2-5-9-15)17-13-16-10-6-3-7-11-16/h2-11,14,17H,12-13H2,1H3/t14-/m1/s1. The summed E-state index contributed by atoms with van der Waals surface area (Å²) < 4.78 is 0. The van der Waals surface area contributed by atoms with Crippen LogP contribution in [-0.2, 0) is 13.0 Å². The Morgan fingerprint density at radius 2 is 1.35 bits per heavy atom. The normalized spacial score (nSPS) is 12.3. The molecule has 0 fully saturated rings. The molecule has 0 saturated heterocycles. The zero-order valence-electron chi connectivity index (χ0n) is 10.3. The van der Waals surface area contributed by atoms with Crippen LogP contribution in [0.15, 0.2) is 60.7 Å². The van der Waals surface area contributed by atoms with Crippen molar-refractivity contribution in [3.05, 3.63) is 71.8 Å². The molecule has 0 spiro atoms. The zero-order valence-corrected chi connectivity index (χ0v) is 10.3. The second-order valence-electron chi connectivity index (χ2n) is 4.46. The lowest BCUT2D eigenvalue weighted by atomic mass is 10.1. The van der Waals surface area contributed by atoms with E-state index in [0.29, 0.717) is 6.04 Å². The highest BCUT2D eigenvalue weighted by Gasteiger charge is 2.02. The minimum atomic E-state index is 0.498. The SMILES string of the molecule is C[C@H](Cc1ccccc1)NCc1ccccc1. The molecule has 2 rings (SSSR count). The molecule has 0 aromatic heterocycles. The molecule has 0 saturated carbocycles. The molecule has 0 amide bonds. The van der Waals surface area contributed by atoms with Crippen molar-refractivity contribution >= 4 is 0 Å². The van der Waals surface area contributed by atoms with Crippen molar-refractivity contribution in [1.29, 1.82) is 0 Å². The monoisotopic (exact) mass is 225 g/mol. The molecule has 0 aliphatic rings. The van der Waals surface area contributed by atoms with Crippen molar-refractivity contribution in [2.24, 2.45) is 0 Å². The van der Waals surface area contributed by atoms with Crippen molar-refractivity contribution in [2.45, 2.75) is 25.9 Å². The minimum Gasteiger partial charge on any atom is -0.310 e. The largest absolute Gasteiger partial charge is 0.310 e. The van der Waals surface area contributed by atoms with E-state index in [1.165, 1.54) is 11.1 Å². The first-order chi connectivity index (χ1) is 8.34. The third kappa shape index (κ3) is 4.04. The summed E-state index contributed by atoms with van der Waals surface area (Å²) in [5.74, 6) is 0. The Labute approximate surface area is 103 Å². The van der Waals surface area contributed by atoms with Gasteiger partial charge in [0.25, 0.3) is 0 Å². The summed E-state index contributed by atoms with van der Waals surface area (Å²) in [7, 11) is 0. The van der Waals surface area contributed by atoms with Crippen LogP contribution in [0.2, 0.25) is 0 Å². The summed E-state index contributed by atoms with van der Waals surface area (Å²) >= 11 is 0. The predicted molar refractivity (Wildman–Crippen MR) is 72.9 cm³/mol. The summed E-state index contributed by atoms with van der Waals surface area (Å²) in [4.78, 5) is 0. The second kappa shape index (κ2) is 6.21. The summed E-state index contributed by atoms with van der Waals surface area (Å²) in [6.45, 7) is 3.17. The molecule has 0 heterocycles. The maximum atomic E-state index is 3.55. The fourth-order valence-electron chi connectivity index (χ4n) is 1.93. The quantitative estimate of drug-likeness (QED) is 0.822. The Kier molecular flexibility index (Phi) is 4.34. The first-order valence-electron chi connectivity index (χ1n) is 6.16. The molecule has 0 radical (unpaired) electrons. The first-order valence-corrected chi connectivity index (χ1v) is 6.16. The Balaban J connectivity index is 1.80. The molecule has 1 nitrogen and oxygen atoms in total. The van der Waals surface area contributed by atoms with Crippen LogP contribution in [0.25, 0.3) is 0 Å². The van der Waals surface area contributed by atoms with Gasteiger partial charge < -0.3 is 5.32 Å². The van der Waals surface area contributed by atoms with Crippen LogP contribution in [0.3, 0.4) is 0 Å². The fraction of sp³-hybridized carbons (Fsp3) is 0.250. The van der Waals surface area contributed by atoms with Crippen molar-refractivity contribution in [1.82, 2.24) is 5.32 Å². The highest BCUT2D eigenvalue weighted by Crippen LogP contribution is 2.04. The van der Waals surface area contributed by atoms with Crippen LogP contribution < -0.4 is 5.32 Å². The molecule has 2 aromatic rings. The molecular weight excluding hydrogens is 206 g/mol. The molecular formula is C16H19N. The van der Waals surface area contributed by atoms with Gasteiger partial charge in [-0.1, -0.05) is 60.7 Å². The van der Waals surface area contributed by atoms with E-state index in [2.05, 4.69) is 72.9 Å². The van der Waals surface area contributed by atoms with Crippen molar-refractivity contribution in [3.8, 4) is 0 Å². The summed E-state index contributed by atoms with van der Waals surface area (Å²) in [5.41, 5.74) is 2.73. The molecule has 0 aliphatic heterocycles. The van der Waals surface area contributed by atoms with Gasteiger partial charge in [-0.2, -0.15) is 0 Å². The van der Waals surface area contributed by atoms with E-state index in [1.54, 1.807) is 0 Å². The van der Waals surface area contributed by atoms with E-state index in [4.69, 9.17) is 0 Å². The highest BCUT2D eigenvalue weighted by molar-refractivity contribution is 5.16. The van der Waals surface area contributed by atoms with Crippen LogP contribution in [0.4, 0.5) is 0 Å². The van der Waals surface area contributed by atoms with Crippen molar-refractivity contribution in [2.75, 3.05) is 0 Å². The molecule has 88 valence electrons. The molecule has 0 aliphatic carbocycles. The Morgan fingerprint density at radius 1 is 0.824 bits per heavy atom. The third-order valence-electron chi connectivity index (χ3n) is 2.88. The predicted octanol–water partition coefficient (Wildman–Crippen LogP) is 3.41. The van der Waals surface area contributed by atoms with E-state index >= 15 is 0 Å². The van der Waals surface area contributed by atoms with Crippen molar-refractivity contribution < 1.29 is 0 Å². The van der Waals surface area contributed by atoms with Gasteiger partial charge in [0, 0.05) is 12.6 Å². The van der Waals surface area contributed by atoms with Crippen LogP contribution >= 0.6 is 0 Å². The van der Waals surface area contributed by atoms with Crippen LogP contribution in [-0.4, -0.2) is 6.04 Å². The maximum Gasteiger partial charge on any atom is 0.0208 e. The first kappa shape index (κ1) is 11.9. The Hall–Kier alpha value is -1.60. The highest BCUT2D eigenvalue weighted by atomic mass is 14.9. The second-order valence-corrected chi connectivity index (χ2v) is 4.46. The number of hydrogen-bond donors (Lipinski definition) is 1. The van der Waals surface area contributed by atoms with Gasteiger partial charge in [-0.15, -0.1) is 0 Å². The summed E-state index contributed by atoms with van der Waals surface area (Å²) in [6.07, 6.45) is 1.08. The van der Waals surface area contributed by atoms with Gasteiger partial charge in [-0.25, -0.2) is 0 Å². The van der Waals surface area contributed by atoms with Gasteiger partial charge in [0.15, 0.2) is 0 Å². The smallest absolute Gasteiger partial charge is 0.0208 e. The average molecular weight is 225 g/mol. The molecule has 1 N–H and O–H groups in total. The third-order valence-corrected chi connectivity index (χ3v) is 2.88. The maximum absolute atomic E-state index is 3.55. The van der Waals surface area contributed by atoms with E-state index in [0.717, 1.165) is 13.0 Å². The van der Waals surface area contributed by atoms with Crippen LogP contribution in [0.1, 0.15) is 18.1 Å². The van der Waals surface area contributed by atoms with E-state index in [-0.39, 0.29) is 0 Å². The van der Waals surface area contributed by atoms with Gasteiger partial charge in [-0.3, -0.25) is 0 Å². The molecule has 0 bridgehead atoms. The van der Waals surface area contributed by atoms with Crippen LogP contribution in [0, 0.1) is 0 Å². The van der Waals surface area contributed by atoms with Crippen molar-refractivity contribution in [3.63, 3.8) is 0 Å². The van der Waals surface area contributed by atoms with Gasteiger partial charge in [0.2, 0.25) is 0 Å². The summed E-state index contributed by atoms with van der Waals surface area (Å²) in [5, 5.41) is 3.55. The molecule has 2 aromatic carbocycles. The van der Waals surface area contributed by atoms with Gasteiger partial charge in [0.05, 0.1) is 0 Å². The van der Waals surface area contributed by atoms with Gasteiger partial charge in [-0.05, 0) is 24.5 Å². The van der Waals surface area contributed by atoms with E-state index in [1.807, 2.05) is 0 Å². The molecule has 17 heavy (non-hydrogen) atoms. The average Bonchev–Trinajstić information content (AvgIpc) is 2.39. The topological polar surface area (TPSA) is 12.0 Å². The zero-order chi connectivity index (χ0) is 11.9. The lowest BCUT2D eigenvalue weighted by Gasteiger charge is -2.13. The lowest BCUT2D eigenvalue weighted by molar-refractivity contribution is 0.545. The minimum absolute atomic E-state index is 0.498.